The molecule has 2 aliphatic heterocycles. The van der Waals surface area contributed by atoms with Crippen LogP contribution in [0.4, 0.5) is 0 Å². The molecule has 2 fully saturated rings. The first-order chi connectivity index (χ1) is 12.0. The first kappa shape index (κ1) is 18.2. The summed E-state index contributed by atoms with van der Waals surface area (Å²) in [6.07, 6.45) is 2.03. The van der Waals surface area contributed by atoms with Gasteiger partial charge in [-0.2, -0.15) is 0 Å². The molecule has 1 atom stereocenters. The Morgan fingerprint density at radius 1 is 1.28 bits per heavy atom. The SMILES string of the molecule is CCN1CC2(CCC1=O)CCN(C(=O)[C@H](O)c1ccccc1Cl)CC2. The number of aliphatic hydroxyl groups is 1. The molecule has 25 heavy (non-hydrogen) atoms. The molecule has 1 spiro atoms. The van der Waals surface area contributed by atoms with Gasteiger partial charge in [0.2, 0.25) is 5.91 Å². The summed E-state index contributed by atoms with van der Waals surface area (Å²) in [7, 11) is 0. The fourth-order valence-electron chi connectivity index (χ4n) is 4.00. The lowest BCUT2D eigenvalue weighted by molar-refractivity contribution is -0.147. The molecular formula is C19H25ClN2O3. The molecule has 2 heterocycles. The summed E-state index contributed by atoms with van der Waals surface area (Å²) in [5, 5.41) is 10.8. The van der Waals surface area contributed by atoms with Crippen LogP contribution in [0.3, 0.4) is 0 Å². The quantitative estimate of drug-likeness (QED) is 0.896. The zero-order valence-electron chi connectivity index (χ0n) is 14.6. The number of carbonyl (C=O) groups is 2. The number of nitrogens with zero attached hydrogens (tertiary/aromatic N) is 2. The third-order valence-electron chi connectivity index (χ3n) is 5.70. The number of halogens is 1. The molecule has 6 heteroatoms. The average molecular weight is 365 g/mol. The fourth-order valence-corrected chi connectivity index (χ4v) is 4.24. The lowest BCUT2D eigenvalue weighted by atomic mass is 9.72. The van der Waals surface area contributed by atoms with Crippen LogP contribution in [0.5, 0.6) is 0 Å². The van der Waals surface area contributed by atoms with Crippen molar-refractivity contribution in [2.24, 2.45) is 5.41 Å². The largest absolute Gasteiger partial charge is 0.378 e. The van der Waals surface area contributed by atoms with Crippen LogP contribution in [-0.2, 0) is 9.59 Å². The molecule has 0 unspecified atom stereocenters. The van der Waals surface area contributed by atoms with Gasteiger partial charge in [0.25, 0.3) is 5.91 Å². The van der Waals surface area contributed by atoms with Crippen molar-refractivity contribution in [2.45, 2.75) is 38.7 Å². The molecule has 0 aromatic heterocycles. The minimum absolute atomic E-state index is 0.121. The summed E-state index contributed by atoms with van der Waals surface area (Å²) in [5.41, 5.74) is 0.575. The van der Waals surface area contributed by atoms with Gasteiger partial charge in [-0.1, -0.05) is 29.8 Å². The second-order valence-electron chi connectivity index (χ2n) is 7.16. The highest BCUT2D eigenvalue weighted by Gasteiger charge is 2.42. The number of carbonyl (C=O) groups excluding carboxylic acids is 2. The molecule has 0 aliphatic carbocycles. The second kappa shape index (κ2) is 7.34. The van der Waals surface area contributed by atoms with Crippen molar-refractivity contribution in [3.05, 3.63) is 34.9 Å². The molecule has 1 N–H and O–H groups in total. The fraction of sp³-hybridized carbons (Fsp3) is 0.579. The number of amides is 2. The van der Waals surface area contributed by atoms with Crippen molar-refractivity contribution in [2.75, 3.05) is 26.2 Å². The van der Waals surface area contributed by atoms with E-state index >= 15 is 0 Å². The van der Waals surface area contributed by atoms with Crippen LogP contribution in [0.15, 0.2) is 24.3 Å². The van der Waals surface area contributed by atoms with E-state index < -0.39 is 6.10 Å². The van der Waals surface area contributed by atoms with E-state index in [1.165, 1.54) is 0 Å². The van der Waals surface area contributed by atoms with Gasteiger partial charge < -0.3 is 14.9 Å². The molecule has 5 nitrogen and oxygen atoms in total. The minimum atomic E-state index is -1.22. The van der Waals surface area contributed by atoms with Crippen molar-refractivity contribution in [1.82, 2.24) is 9.80 Å². The van der Waals surface area contributed by atoms with E-state index in [-0.39, 0.29) is 17.2 Å². The van der Waals surface area contributed by atoms with Gasteiger partial charge in [0.15, 0.2) is 6.10 Å². The van der Waals surface area contributed by atoms with Crippen LogP contribution >= 0.6 is 11.6 Å². The number of aliphatic hydroxyl groups excluding tert-OH is 1. The van der Waals surface area contributed by atoms with Crippen molar-refractivity contribution >= 4 is 23.4 Å². The Morgan fingerprint density at radius 3 is 2.60 bits per heavy atom. The third-order valence-corrected chi connectivity index (χ3v) is 6.04. The van der Waals surface area contributed by atoms with Crippen LogP contribution in [0, 0.1) is 5.41 Å². The van der Waals surface area contributed by atoms with Crippen LogP contribution in [0.1, 0.15) is 44.3 Å². The number of piperidine rings is 2. The van der Waals surface area contributed by atoms with Crippen molar-refractivity contribution in [3.63, 3.8) is 0 Å². The molecule has 136 valence electrons. The molecule has 2 amide bonds. The van der Waals surface area contributed by atoms with Gasteiger partial charge in [-0.05, 0) is 37.7 Å². The summed E-state index contributed by atoms with van der Waals surface area (Å²) >= 11 is 6.10. The summed E-state index contributed by atoms with van der Waals surface area (Å²) < 4.78 is 0. The van der Waals surface area contributed by atoms with E-state index in [4.69, 9.17) is 11.6 Å². The molecule has 2 aliphatic rings. The van der Waals surface area contributed by atoms with Crippen LogP contribution in [-0.4, -0.2) is 52.9 Å². The van der Waals surface area contributed by atoms with Gasteiger partial charge in [0, 0.05) is 43.2 Å². The lowest BCUT2D eigenvalue weighted by Gasteiger charge is -2.47. The number of benzene rings is 1. The minimum Gasteiger partial charge on any atom is -0.378 e. The van der Waals surface area contributed by atoms with Gasteiger partial charge in [0.05, 0.1) is 0 Å². The Labute approximate surface area is 153 Å². The highest BCUT2D eigenvalue weighted by molar-refractivity contribution is 6.31. The number of likely N-dealkylation sites (tertiary alicyclic amines) is 2. The molecule has 3 rings (SSSR count). The van der Waals surface area contributed by atoms with E-state index in [0.29, 0.717) is 30.1 Å². The second-order valence-corrected chi connectivity index (χ2v) is 7.56. The van der Waals surface area contributed by atoms with Crippen molar-refractivity contribution < 1.29 is 14.7 Å². The summed E-state index contributed by atoms with van der Waals surface area (Å²) in [5.74, 6) is -0.0528. The molecule has 0 bridgehead atoms. The smallest absolute Gasteiger partial charge is 0.256 e. The van der Waals surface area contributed by atoms with Gasteiger partial charge in [0.1, 0.15) is 0 Å². The molecular weight excluding hydrogens is 340 g/mol. The van der Waals surface area contributed by atoms with E-state index in [2.05, 4.69) is 0 Å². The van der Waals surface area contributed by atoms with Gasteiger partial charge in [-0.15, -0.1) is 0 Å². The predicted molar refractivity (Wildman–Crippen MR) is 96.1 cm³/mol. The summed E-state index contributed by atoms with van der Waals surface area (Å²) in [4.78, 5) is 28.2. The maximum Gasteiger partial charge on any atom is 0.256 e. The molecule has 2 saturated heterocycles. The predicted octanol–water partition coefficient (Wildman–Crippen LogP) is 2.62. The van der Waals surface area contributed by atoms with E-state index in [9.17, 15) is 14.7 Å². The number of hydrogen-bond acceptors (Lipinski definition) is 3. The standard InChI is InChI=1S/C19H25ClN2O3/c1-2-21-13-19(8-7-16(21)23)9-11-22(12-10-19)18(25)17(24)14-5-3-4-6-15(14)20/h3-6,17,24H,2,7-13H2,1H3/t17-/m1/s1. The maximum absolute atomic E-state index is 12.6. The number of hydrogen-bond donors (Lipinski definition) is 1. The highest BCUT2D eigenvalue weighted by Crippen LogP contribution is 2.40. The number of rotatable bonds is 3. The van der Waals surface area contributed by atoms with Crippen LogP contribution in [0.25, 0.3) is 0 Å². The Kier molecular flexibility index (Phi) is 5.35. The Bertz CT molecular complexity index is 656. The summed E-state index contributed by atoms with van der Waals surface area (Å²) in [6, 6.07) is 6.90. The van der Waals surface area contributed by atoms with Gasteiger partial charge >= 0.3 is 0 Å². The third kappa shape index (κ3) is 3.67. The first-order valence-electron chi connectivity index (χ1n) is 8.95. The monoisotopic (exact) mass is 364 g/mol. The van der Waals surface area contributed by atoms with Gasteiger partial charge in [-0.3, -0.25) is 9.59 Å². The summed E-state index contributed by atoms with van der Waals surface area (Å²) in [6.45, 7) is 4.78. The van der Waals surface area contributed by atoms with Crippen LogP contribution < -0.4 is 0 Å². The average Bonchev–Trinajstić information content (AvgIpc) is 2.64. The zero-order chi connectivity index (χ0) is 18.0. The van der Waals surface area contributed by atoms with E-state index in [1.54, 1.807) is 29.2 Å². The van der Waals surface area contributed by atoms with E-state index in [0.717, 1.165) is 32.4 Å². The molecule has 1 aromatic rings. The molecule has 1 aromatic carbocycles. The van der Waals surface area contributed by atoms with Gasteiger partial charge in [-0.25, -0.2) is 0 Å². The maximum atomic E-state index is 12.6. The highest BCUT2D eigenvalue weighted by atomic mass is 35.5. The zero-order valence-corrected chi connectivity index (χ0v) is 15.3. The van der Waals surface area contributed by atoms with Crippen LogP contribution in [0.2, 0.25) is 5.02 Å². The first-order valence-corrected chi connectivity index (χ1v) is 9.33. The lowest BCUT2D eigenvalue weighted by Crippen LogP contribution is -2.52. The normalized spacial score (nSPS) is 21.5. The van der Waals surface area contributed by atoms with Crippen molar-refractivity contribution in [1.29, 1.82) is 0 Å². The molecule has 0 saturated carbocycles. The van der Waals surface area contributed by atoms with E-state index in [1.807, 2.05) is 11.8 Å². The van der Waals surface area contributed by atoms with Crippen molar-refractivity contribution in [3.8, 4) is 0 Å². The Balaban J connectivity index is 1.63. The topological polar surface area (TPSA) is 60.9 Å². The Morgan fingerprint density at radius 2 is 1.96 bits per heavy atom. The molecule has 0 radical (unpaired) electrons. The Hall–Kier alpha value is -1.59.